The summed E-state index contributed by atoms with van der Waals surface area (Å²) < 4.78 is 1.11. The molecule has 1 aliphatic rings. The Hall–Kier alpha value is -1.62. The van der Waals surface area contributed by atoms with Crippen LogP contribution < -0.4 is 10.6 Å². The number of aromatic nitrogens is 2. The molecule has 3 rings (SSSR count). The van der Waals surface area contributed by atoms with Gasteiger partial charge in [-0.25, -0.2) is 9.97 Å². The van der Waals surface area contributed by atoms with E-state index in [1.54, 1.807) is 0 Å². The minimum absolute atomic E-state index is 0.549. The van der Waals surface area contributed by atoms with Crippen molar-refractivity contribution in [2.75, 3.05) is 17.2 Å². The molecule has 110 valence electrons. The van der Waals surface area contributed by atoms with E-state index in [1.807, 2.05) is 18.2 Å². The molecular weight excluding hydrogens is 328 g/mol. The van der Waals surface area contributed by atoms with Gasteiger partial charge in [-0.15, -0.1) is 0 Å². The first-order valence-electron chi connectivity index (χ1n) is 7.36. The average molecular weight is 347 g/mol. The van der Waals surface area contributed by atoms with Gasteiger partial charge in [0.05, 0.1) is 0 Å². The number of nitrogens with one attached hydrogen (secondary N) is 2. The van der Waals surface area contributed by atoms with Crippen LogP contribution in [0.5, 0.6) is 0 Å². The third-order valence-electron chi connectivity index (χ3n) is 3.46. The van der Waals surface area contributed by atoms with Crippen LogP contribution in [-0.2, 0) is 6.54 Å². The summed E-state index contributed by atoms with van der Waals surface area (Å²) in [4.78, 5) is 9.23. The molecule has 0 atom stereocenters. The van der Waals surface area contributed by atoms with E-state index in [9.17, 15) is 0 Å². The van der Waals surface area contributed by atoms with Crippen LogP contribution in [0, 0.1) is 0 Å². The van der Waals surface area contributed by atoms with Gasteiger partial charge in [0, 0.05) is 29.5 Å². The van der Waals surface area contributed by atoms with Crippen LogP contribution in [0.1, 0.15) is 37.1 Å². The Morgan fingerprint density at radius 2 is 1.86 bits per heavy atom. The second-order valence-electron chi connectivity index (χ2n) is 5.25. The van der Waals surface area contributed by atoms with Crippen LogP contribution >= 0.6 is 15.9 Å². The first kappa shape index (κ1) is 14.3. The fraction of sp³-hybridized carbons (Fsp3) is 0.375. The molecule has 1 aliphatic carbocycles. The molecule has 1 aromatic carbocycles. The molecule has 0 bridgehead atoms. The van der Waals surface area contributed by atoms with Gasteiger partial charge in [0.2, 0.25) is 0 Å². The van der Waals surface area contributed by atoms with Crippen molar-refractivity contribution >= 4 is 27.6 Å². The van der Waals surface area contributed by atoms with Crippen molar-refractivity contribution in [2.45, 2.75) is 32.2 Å². The summed E-state index contributed by atoms with van der Waals surface area (Å²) in [6.07, 6.45) is 2.42. The van der Waals surface area contributed by atoms with Crippen LogP contribution in [0.25, 0.3) is 0 Å². The Kier molecular flexibility index (Phi) is 4.39. The molecule has 0 radical (unpaired) electrons. The van der Waals surface area contributed by atoms with Crippen LogP contribution in [0.3, 0.4) is 0 Å². The van der Waals surface area contributed by atoms with E-state index in [1.165, 1.54) is 18.4 Å². The second-order valence-corrected chi connectivity index (χ2v) is 6.10. The molecule has 0 aliphatic heterocycles. The Bertz CT molecular complexity index is 625. The fourth-order valence-corrected chi connectivity index (χ4v) is 2.60. The zero-order valence-electron chi connectivity index (χ0n) is 12.1. The van der Waals surface area contributed by atoms with Crippen LogP contribution in [0.15, 0.2) is 34.8 Å². The lowest BCUT2D eigenvalue weighted by molar-refractivity contribution is 0.918. The van der Waals surface area contributed by atoms with Gasteiger partial charge < -0.3 is 10.6 Å². The van der Waals surface area contributed by atoms with Gasteiger partial charge in [-0.2, -0.15) is 0 Å². The number of hydrogen-bond donors (Lipinski definition) is 2. The summed E-state index contributed by atoms with van der Waals surface area (Å²) >= 11 is 3.57. The molecule has 0 spiro atoms. The summed E-state index contributed by atoms with van der Waals surface area (Å²) in [5.74, 6) is 3.30. The van der Waals surface area contributed by atoms with Gasteiger partial charge in [-0.3, -0.25) is 0 Å². The Labute approximate surface area is 133 Å². The minimum atomic E-state index is 0.549. The van der Waals surface area contributed by atoms with Gasteiger partial charge in [-0.05, 0) is 31.4 Å². The molecular formula is C16H19BrN4. The maximum absolute atomic E-state index is 4.64. The number of rotatable bonds is 6. The van der Waals surface area contributed by atoms with Gasteiger partial charge in [0.15, 0.2) is 0 Å². The second kappa shape index (κ2) is 6.43. The Morgan fingerprint density at radius 1 is 1.14 bits per heavy atom. The van der Waals surface area contributed by atoms with Crippen molar-refractivity contribution in [3.8, 4) is 0 Å². The first-order chi connectivity index (χ1) is 10.3. The molecule has 0 saturated heterocycles. The zero-order valence-corrected chi connectivity index (χ0v) is 13.7. The first-order valence-corrected chi connectivity index (χ1v) is 8.15. The van der Waals surface area contributed by atoms with Crippen molar-refractivity contribution in [3.63, 3.8) is 0 Å². The number of nitrogens with zero attached hydrogens (tertiary/aromatic N) is 2. The SMILES string of the molecule is CCNc1cc(NCc2ccccc2Br)nc(C2CC2)n1. The fourth-order valence-electron chi connectivity index (χ4n) is 2.18. The van der Waals surface area contributed by atoms with Crippen molar-refractivity contribution in [3.05, 3.63) is 46.2 Å². The van der Waals surface area contributed by atoms with E-state index in [0.717, 1.165) is 35.0 Å². The van der Waals surface area contributed by atoms with Gasteiger partial charge in [0.25, 0.3) is 0 Å². The maximum atomic E-state index is 4.64. The van der Waals surface area contributed by atoms with E-state index >= 15 is 0 Å². The zero-order chi connectivity index (χ0) is 14.7. The minimum Gasteiger partial charge on any atom is -0.370 e. The van der Waals surface area contributed by atoms with Crippen LogP contribution in [0.4, 0.5) is 11.6 Å². The molecule has 1 saturated carbocycles. The molecule has 0 amide bonds. The number of anilines is 2. The molecule has 1 fully saturated rings. The van der Waals surface area contributed by atoms with Gasteiger partial charge >= 0.3 is 0 Å². The highest BCUT2D eigenvalue weighted by Gasteiger charge is 2.27. The molecule has 4 nitrogen and oxygen atoms in total. The van der Waals surface area contributed by atoms with Crippen molar-refractivity contribution in [2.24, 2.45) is 0 Å². The lowest BCUT2D eigenvalue weighted by Crippen LogP contribution is -2.08. The summed E-state index contributed by atoms with van der Waals surface area (Å²) in [7, 11) is 0. The van der Waals surface area contributed by atoms with E-state index in [-0.39, 0.29) is 0 Å². The third kappa shape index (κ3) is 3.73. The Morgan fingerprint density at radius 3 is 2.52 bits per heavy atom. The molecule has 5 heteroatoms. The van der Waals surface area contributed by atoms with Crippen LogP contribution in [-0.4, -0.2) is 16.5 Å². The quantitative estimate of drug-likeness (QED) is 0.824. The van der Waals surface area contributed by atoms with E-state index in [2.05, 4.69) is 55.6 Å². The topological polar surface area (TPSA) is 49.8 Å². The maximum Gasteiger partial charge on any atom is 0.136 e. The molecule has 21 heavy (non-hydrogen) atoms. The third-order valence-corrected chi connectivity index (χ3v) is 4.24. The predicted molar refractivity (Wildman–Crippen MR) is 89.6 cm³/mol. The van der Waals surface area contributed by atoms with E-state index in [4.69, 9.17) is 0 Å². The molecule has 1 heterocycles. The van der Waals surface area contributed by atoms with Gasteiger partial charge in [-0.1, -0.05) is 34.1 Å². The van der Waals surface area contributed by atoms with Crippen molar-refractivity contribution in [1.29, 1.82) is 0 Å². The normalized spacial score (nSPS) is 14.0. The number of hydrogen-bond acceptors (Lipinski definition) is 4. The largest absolute Gasteiger partial charge is 0.370 e. The van der Waals surface area contributed by atoms with Gasteiger partial charge in [0.1, 0.15) is 17.5 Å². The molecule has 2 aromatic rings. The summed E-state index contributed by atoms with van der Waals surface area (Å²) in [5, 5.41) is 6.68. The van der Waals surface area contributed by atoms with Crippen molar-refractivity contribution < 1.29 is 0 Å². The lowest BCUT2D eigenvalue weighted by atomic mass is 10.2. The molecule has 0 unspecified atom stereocenters. The number of halogens is 1. The predicted octanol–water partition coefficient (Wildman–Crippen LogP) is 4.16. The monoisotopic (exact) mass is 346 g/mol. The highest BCUT2D eigenvalue weighted by molar-refractivity contribution is 9.10. The standard InChI is InChI=1S/C16H19BrN4/c1-2-18-14-9-15(21-16(20-14)11-7-8-11)19-10-12-5-3-4-6-13(12)17/h3-6,9,11H,2,7-8,10H2,1H3,(H2,18,19,20,21). The smallest absolute Gasteiger partial charge is 0.136 e. The summed E-state index contributed by atoms with van der Waals surface area (Å²) in [5.41, 5.74) is 1.22. The number of benzene rings is 1. The Balaban J connectivity index is 1.76. The average Bonchev–Trinajstić information content (AvgIpc) is 3.31. The van der Waals surface area contributed by atoms with E-state index < -0.39 is 0 Å². The molecule has 2 N–H and O–H groups in total. The van der Waals surface area contributed by atoms with Crippen molar-refractivity contribution in [1.82, 2.24) is 9.97 Å². The highest BCUT2D eigenvalue weighted by Crippen LogP contribution is 2.38. The van der Waals surface area contributed by atoms with Crippen LogP contribution in [0.2, 0.25) is 0 Å². The lowest BCUT2D eigenvalue weighted by Gasteiger charge is -2.11. The molecule has 1 aromatic heterocycles. The highest BCUT2D eigenvalue weighted by atomic mass is 79.9. The van der Waals surface area contributed by atoms with E-state index in [0.29, 0.717) is 5.92 Å². The summed E-state index contributed by atoms with van der Waals surface area (Å²) in [6.45, 7) is 3.69. The summed E-state index contributed by atoms with van der Waals surface area (Å²) in [6, 6.07) is 10.2.